The standard InChI is InChI=1S/C17H19N3O3/c1-3-9(2)13-17(23)19-11-7-5-4-6-10(11)8-20(13)14-12(18)15(21)16(14)22/h4-7,9,13H,3,8,18H2,1-2H3,(H,19,23). The van der Waals surface area contributed by atoms with Gasteiger partial charge >= 0.3 is 0 Å². The molecule has 2 unspecified atom stereocenters. The molecule has 2 aromatic rings. The van der Waals surface area contributed by atoms with Crippen molar-refractivity contribution in [3.63, 3.8) is 0 Å². The topological polar surface area (TPSA) is 92.5 Å². The zero-order valence-corrected chi connectivity index (χ0v) is 13.1. The summed E-state index contributed by atoms with van der Waals surface area (Å²) in [5.74, 6) is -0.176. The number of nitrogens with zero attached hydrogens (tertiary/aromatic N) is 1. The van der Waals surface area contributed by atoms with Gasteiger partial charge in [0.25, 0.3) is 10.9 Å². The van der Waals surface area contributed by atoms with E-state index in [1.54, 1.807) is 4.90 Å². The first-order valence-electron chi connectivity index (χ1n) is 7.69. The van der Waals surface area contributed by atoms with Crippen molar-refractivity contribution in [1.29, 1.82) is 0 Å². The van der Waals surface area contributed by atoms with Crippen LogP contribution in [0.4, 0.5) is 17.1 Å². The van der Waals surface area contributed by atoms with Crippen molar-refractivity contribution in [3.8, 4) is 0 Å². The van der Waals surface area contributed by atoms with Gasteiger partial charge in [0, 0.05) is 12.2 Å². The molecule has 3 rings (SSSR count). The van der Waals surface area contributed by atoms with Gasteiger partial charge in [0.15, 0.2) is 0 Å². The predicted molar refractivity (Wildman–Crippen MR) is 90.3 cm³/mol. The van der Waals surface area contributed by atoms with Crippen LogP contribution in [0.25, 0.3) is 0 Å². The number of amides is 1. The van der Waals surface area contributed by atoms with Gasteiger partial charge in [0.05, 0.1) is 0 Å². The van der Waals surface area contributed by atoms with Crippen molar-refractivity contribution in [1.82, 2.24) is 0 Å². The van der Waals surface area contributed by atoms with Crippen LogP contribution in [0.5, 0.6) is 0 Å². The fourth-order valence-electron chi connectivity index (χ4n) is 3.10. The van der Waals surface area contributed by atoms with Crippen molar-refractivity contribution in [3.05, 3.63) is 50.3 Å². The number of carbonyl (C=O) groups is 1. The lowest BCUT2D eigenvalue weighted by Crippen LogP contribution is -2.52. The van der Waals surface area contributed by atoms with E-state index >= 15 is 0 Å². The molecule has 1 aliphatic heterocycles. The van der Waals surface area contributed by atoms with Crippen LogP contribution < -0.4 is 26.8 Å². The van der Waals surface area contributed by atoms with Crippen molar-refractivity contribution in [2.24, 2.45) is 5.92 Å². The van der Waals surface area contributed by atoms with E-state index in [9.17, 15) is 14.4 Å². The third kappa shape index (κ3) is 2.30. The molecule has 2 aromatic carbocycles. The average Bonchev–Trinajstić information content (AvgIpc) is 2.69. The summed E-state index contributed by atoms with van der Waals surface area (Å²) in [7, 11) is 0. The molecule has 120 valence electrons. The molecule has 6 heteroatoms. The number of nitrogen functional groups attached to an aromatic ring is 1. The van der Waals surface area contributed by atoms with Crippen molar-refractivity contribution < 1.29 is 4.79 Å². The van der Waals surface area contributed by atoms with E-state index in [-0.39, 0.29) is 23.2 Å². The van der Waals surface area contributed by atoms with Crippen LogP contribution in [0.3, 0.4) is 0 Å². The molecule has 1 heterocycles. The van der Waals surface area contributed by atoms with Crippen LogP contribution in [-0.4, -0.2) is 11.9 Å². The first-order chi connectivity index (χ1) is 11.0. The van der Waals surface area contributed by atoms with Crippen LogP contribution in [0.1, 0.15) is 25.8 Å². The predicted octanol–water partition coefficient (Wildman–Crippen LogP) is 1.24. The third-order valence-corrected chi connectivity index (χ3v) is 4.61. The van der Waals surface area contributed by atoms with Crippen molar-refractivity contribution in [2.45, 2.75) is 32.9 Å². The number of hydrogen-bond acceptors (Lipinski definition) is 5. The molecule has 0 saturated heterocycles. The summed E-state index contributed by atoms with van der Waals surface area (Å²) >= 11 is 0. The Labute approximate surface area is 133 Å². The lowest BCUT2D eigenvalue weighted by atomic mass is 9.95. The van der Waals surface area contributed by atoms with E-state index in [2.05, 4.69) is 5.32 Å². The van der Waals surface area contributed by atoms with E-state index < -0.39 is 16.9 Å². The first kappa shape index (κ1) is 15.3. The Morgan fingerprint density at radius 1 is 1.26 bits per heavy atom. The molecule has 0 radical (unpaired) electrons. The lowest BCUT2D eigenvalue weighted by molar-refractivity contribution is -0.118. The van der Waals surface area contributed by atoms with Gasteiger partial charge < -0.3 is 16.0 Å². The Balaban J connectivity index is 2.13. The number of hydrogen-bond donors (Lipinski definition) is 2. The molecular weight excluding hydrogens is 294 g/mol. The smallest absolute Gasteiger partial charge is 0.253 e. The SMILES string of the molecule is CCC(C)C1C(=O)Nc2ccccc2CN1c1c(N)c(=O)c1=O. The summed E-state index contributed by atoms with van der Waals surface area (Å²) in [6.07, 6.45) is 0.764. The van der Waals surface area contributed by atoms with Crippen LogP contribution >= 0.6 is 0 Å². The average molecular weight is 313 g/mol. The Morgan fingerprint density at radius 3 is 2.61 bits per heavy atom. The maximum absolute atomic E-state index is 12.7. The van der Waals surface area contributed by atoms with Gasteiger partial charge in [0.2, 0.25) is 5.91 Å². The highest BCUT2D eigenvalue weighted by molar-refractivity contribution is 5.99. The van der Waals surface area contributed by atoms with Gasteiger partial charge in [-0.2, -0.15) is 0 Å². The molecule has 0 spiro atoms. The molecule has 1 amide bonds. The molecular formula is C17H19N3O3. The Morgan fingerprint density at radius 2 is 1.96 bits per heavy atom. The quantitative estimate of drug-likeness (QED) is 0.832. The summed E-state index contributed by atoms with van der Waals surface area (Å²) in [5, 5.41) is 2.92. The molecule has 23 heavy (non-hydrogen) atoms. The number of nitrogens with two attached hydrogens (primary N) is 1. The summed E-state index contributed by atoms with van der Waals surface area (Å²) in [6.45, 7) is 4.30. The van der Waals surface area contributed by atoms with E-state index in [1.807, 2.05) is 38.1 Å². The molecule has 2 atom stereocenters. The Bertz CT molecular complexity index is 836. The monoisotopic (exact) mass is 313 g/mol. The lowest BCUT2D eigenvalue weighted by Gasteiger charge is -2.34. The van der Waals surface area contributed by atoms with Crippen LogP contribution in [0, 0.1) is 5.92 Å². The van der Waals surface area contributed by atoms with Crippen molar-refractivity contribution in [2.75, 3.05) is 16.0 Å². The molecule has 1 aliphatic rings. The summed E-state index contributed by atoms with van der Waals surface area (Å²) in [6, 6.07) is 6.90. The van der Waals surface area contributed by atoms with E-state index in [0.29, 0.717) is 6.54 Å². The van der Waals surface area contributed by atoms with Crippen LogP contribution in [0.15, 0.2) is 33.9 Å². The number of anilines is 3. The van der Waals surface area contributed by atoms with Gasteiger partial charge in [-0.25, -0.2) is 0 Å². The number of benzene rings is 1. The molecule has 0 aliphatic carbocycles. The second-order valence-electron chi connectivity index (χ2n) is 6.03. The van der Waals surface area contributed by atoms with Gasteiger partial charge in [-0.05, 0) is 17.5 Å². The number of para-hydroxylation sites is 1. The van der Waals surface area contributed by atoms with Crippen LogP contribution in [0.2, 0.25) is 0 Å². The van der Waals surface area contributed by atoms with E-state index in [1.165, 1.54) is 0 Å². The maximum Gasteiger partial charge on any atom is 0.253 e. The summed E-state index contributed by atoms with van der Waals surface area (Å²) < 4.78 is 0. The number of fused-ring (bicyclic) bond motifs is 1. The number of carbonyl (C=O) groups excluding carboxylic acids is 1. The second kappa shape index (κ2) is 5.53. The largest absolute Gasteiger partial charge is 0.394 e. The number of rotatable bonds is 3. The first-order valence-corrected chi connectivity index (χ1v) is 7.69. The normalized spacial score (nSPS) is 19.1. The summed E-state index contributed by atoms with van der Waals surface area (Å²) in [5.41, 5.74) is 6.21. The van der Waals surface area contributed by atoms with Gasteiger partial charge in [0.1, 0.15) is 17.4 Å². The van der Waals surface area contributed by atoms with Crippen molar-refractivity contribution >= 4 is 23.0 Å². The minimum atomic E-state index is -0.666. The Kier molecular flexibility index (Phi) is 3.67. The zero-order chi connectivity index (χ0) is 16.7. The molecule has 3 N–H and O–H groups in total. The molecule has 6 nitrogen and oxygen atoms in total. The van der Waals surface area contributed by atoms with Crippen LogP contribution in [-0.2, 0) is 11.3 Å². The molecule has 0 fully saturated rings. The zero-order valence-electron chi connectivity index (χ0n) is 13.1. The van der Waals surface area contributed by atoms with E-state index in [4.69, 9.17) is 5.73 Å². The number of nitrogens with one attached hydrogen (secondary N) is 1. The fourth-order valence-corrected chi connectivity index (χ4v) is 3.10. The molecule has 0 aromatic heterocycles. The van der Waals surface area contributed by atoms with Gasteiger partial charge in [-0.1, -0.05) is 38.5 Å². The minimum Gasteiger partial charge on any atom is -0.394 e. The summed E-state index contributed by atoms with van der Waals surface area (Å²) in [4.78, 5) is 37.9. The molecule has 0 bridgehead atoms. The maximum atomic E-state index is 12.7. The highest BCUT2D eigenvalue weighted by Gasteiger charge is 2.38. The Hall–Kier alpha value is -2.63. The second-order valence-corrected chi connectivity index (χ2v) is 6.03. The highest BCUT2D eigenvalue weighted by atomic mass is 16.2. The van der Waals surface area contributed by atoms with Gasteiger partial charge in [-0.15, -0.1) is 0 Å². The third-order valence-electron chi connectivity index (χ3n) is 4.61. The van der Waals surface area contributed by atoms with Gasteiger partial charge in [-0.3, -0.25) is 14.4 Å². The minimum absolute atomic E-state index is 0.00751. The molecule has 0 saturated carbocycles. The fraction of sp³-hybridized carbons (Fsp3) is 0.353. The van der Waals surface area contributed by atoms with E-state index in [0.717, 1.165) is 17.7 Å². The highest BCUT2D eigenvalue weighted by Crippen LogP contribution is 2.32.